The molecule has 0 amide bonds. The molecule has 0 atom stereocenters. The van der Waals surface area contributed by atoms with Crippen molar-refractivity contribution in [3.8, 4) is 5.75 Å². The summed E-state index contributed by atoms with van der Waals surface area (Å²) >= 11 is 1.77. The fraction of sp³-hybridized carbons (Fsp3) is 0.571. The Labute approximate surface area is 113 Å². The zero-order valence-electron chi connectivity index (χ0n) is 11.3. The number of rotatable bonds is 8. The van der Waals surface area contributed by atoms with E-state index < -0.39 is 0 Å². The summed E-state index contributed by atoms with van der Waals surface area (Å²) in [6.07, 6.45) is 2.99. The summed E-state index contributed by atoms with van der Waals surface area (Å²) in [5.74, 6) is 1.12. The molecule has 0 fully saturated rings. The van der Waals surface area contributed by atoms with E-state index in [0.717, 1.165) is 17.7 Å². The minimum atomic E-state index is -0.276. The molecule has 0 bridgehead atoms. The Bertz CT molecular complexity index is 358. The van der Waals surface area contributed by atoms with Crippen LogP contribution in [0.2, 0.25) is 0 Å². The third-order valence-electron chi connectivity index (χ3n) is 2.46. The van der Waals surface area contributed by atoms with Crippen LogP contribution >= 0.6 is 11.8 Å². The molecular formula is C14H22FNOS. The summed E-state index contributed by atoms with van der Waals surface area (Å²) in [4.78, 5) is 0. The number of hydrogen-bond donors (Lipinski definition) is 1. The van der Waals surface area contributed by atoms with E-state index in [4.69, 9.17) is 4.74 Å². The van der Waals surface area contributed by atoms with Gasteiger partial charge in [-0.25, -0.2) is 4.39 Å². The molecule has 0 aliphatic heterocycles. The highest BCUT2D eigenvalue weighted by atomic mass is 32.2. The van der Waals surface area contributed by atoms with Gasteiger partial charge in [0.05, 0.1) is 6.61 Å². The van der Waals surface area contributed by atoms with Gasteiger partial charge in [-0.05, 0) is 36.1 Å². The molecule has 0 unspecified atom stereocenters. The molecule has 0 aliphatic rings. The van der Waals surface area contributed by atoms with Crippen LogP contribution in [-0.4, -0.2) is 24.7 Å². The van der Waals surface area contributed by atoms with E-state index >= 15 is 0 Å². The molecule has 1 aromatic carbocycles. The molecule has 18 heavy (non-hydrogen) atoms. The van der Waals surface area contributed by atoms with Gasteiger partial charge in [0.1, 0.15) is 0 Å². The molecule has 1 rings (SSSR count). The largest absolute Gasteiger partial charge is 0.490 e. The fourth-order valence-corrected chi connectivity index (χ4v) is 1.89. The SMILES string of the molecule is CSCCCOc1ccc(CNC(C)C)cc1F. The maximum absolute atomic E-state index is 13.7. The van der Waals surface area contributed by atoms with Crippen LogP contribution in [0.1, 0.15) is 25.8 Å². The zero-order chi connectivity index (χ0) is 13.4. The summed E-state index contributed by atoms with van der Waals surface area (Å²) in [5.41, 5.74) is 0.942. The summed E-state index contributed by atoms with van der Waals surface area (Å²) in [6.45, 7) is 5.39. The van der Waals surface area contributed by atoms with Crippen molar-refractivity contribution in [1.82, 2.24) is 5.32 Å². The van der Waals surface area contributed by atoms with Gasteiger partial charge in [0, 0.05) is 12.6 Å². The van der Waals surface area contributed by atoms with E-state index in [1.807, 2.05) is 6.07 Å². The molecule has 0 aliphatic carbocycles. The molecule has 0 heterocycles. The number of nitrogens with one attached hydrogen (secondary N) is 1. The molecule has 2 nitrogen and oxygen atoms in total. The first-order valence-corrected chi connectivity index (χ1v) is 7.66. The average Bonchev–Trinajstić information content (AvgIpc) is 2.34. The van der Waals surface area contributed by atoms with E-state index in [9.17, 15) is 4.39 Å². The van der Waals surface area contributed by atoms with Gasteiger partial charge in [-0.3, -0.25) is 0 Å². The Morgan fingerprint density at radius 1 is 1.39 bits per heavy atom. The lowest BCUT2D eigenvalue weighted by atomic mass is 10.2. The van der Waals surface area contributed by atoms with Gasteiger partial charge in [0.15, 0.2) is 11.6 Å². The molecule has 1 N–H and O–H groups in total. The number of benzene rings is 1. The summed E-state index contributed by atoms with van der Waals surface area (Å²) in [5, 5.41) is 3.26. The van der Waals surface area contributed by atoms with Crippen LogP contribution < -0.4 is 10.1 Å². The van der Waals surface area contributed by atoms with Crippen LogP contribution in [0.3, 0.4) is 0 Å². The van der Waals surface area contributed by atoms with Crippen LogP contribution in [0.4, 0.5) is 4.39 Å². The number of hydrogen-bond acceptors (Lipinski definition) is 3. The summed E-state index contributed by atoms with van der Waals surface area (Å²) in [6, 6.07) is 5.56. The van der Waals surface area contributed by atoms with Crippen molar-refractivity contribution in [1.29, 1.82) is 0 Å². The second kappa shape index (κ2) is 8.38. The molecule has 0 radical (unpaired) electrons. The van der Waals surface area contributed by atoms with Gasteiger partial charge in [0.2, 0.25) is 0 Å². The first-order chi connectivity index (χ1) is 8.63. The molecule has 0 spiro atoms. The Morgan fingerprint density at radius 3 is 2.78 bits per heavy atom. The summed E-state index contributed by atoms with van der Waals surface area (Å²) in [7, 11) is 0. The van der Waals surface area contributed by atoms with Crippen molar-refractivity contribution in [3.63, 3.8) is 0 Å². The smallest absolute Gasteiger partial charge is 0.165 e. The lowest BCUT2D eigenvalue weighted by Crippen LogP contribution is -2.21. The van der Waals surface area contributed by atoms with Crippen LogP contribution in [0, 0.1) is 5.82 Å². The second-order valence-corrected chi connectivity index (χ2v) is 5.48. The molecular weight excluding hydrogens is 249 g/mol. The number of halogens is 1. The molecule has 0 aromatic heterocycles. The topological polar surface area (TPSA) is 21.3 Å². The Balaban J connectivity index is 2.46. The van der Waals surface area contributed by atoms with Gasteiger partial charge in [-0.1, -0.05) is 19.9 Å². The van der Waals surface area contributed by atoms with E-state index in [1.54, 1.807) is 23.9 Å². The normalized spacial score (nSPS) is 10.9. The maximum Gasteiger partial charge on any atom is 0.165 e. The standard InChI is InChI=1S/C14H22FNOS/c1-11(2)16-10-12-5-6-14(13(15)9-12)17-7-4-8-18-3/h5-6,9,11,16H,4,7-8,10H2,1-3H3. The van der Waals surface area contributed by atoms with E-state index in [-0.39, 0.29) is 5.82 Å². The molecule has 1 aromatic rings. The Morgan fingerprint density at radius 2 is 2.17 bits per heavy atom. The van der Waals surface area contributed by atoms with Crippen molar-refractivity contribution in [2.24, 2.45) is 0 Å². The van der Waals surface area contributed by atoms with E-state index in [1.165, 1.54) is 0 Å². The van der Waals surface area contributed by atoms with E-state index in [0.29, 0.717) is 24.9 Å². The monoisotopic (exact) mass is 271 g/mol. The Kier molecular flexibility index (Phi) is 7.13. The highest BCUT2D eigenvalue weighted by Gasteiger charge is 2.05. The summed E-state index contributed by atoms with van der Waals surface area (Å²) < 4.78 is 19.1. The first-order valence-electron chi connectivity index (χ1n) is 6.27. The van der Waals surface area contributed by atoms with E-state index in [2.05, 4.69) is 25.4 Å². The zero-order valence-corrected chi connectivity index (χ0v) is 12.1. The van der Waals surface area contributed by atoms with Crippen molar-refractivity contribution in [2.45, 2.75) is 32.9 Å². The van der Waals surface area contributed by atoms with Gasteiger partial charge in [-0.2, -0.15) is 11.8 Å². The third kappa shape index (κ3) is 5.74. The van der Waals surface area contributed by atoms with Crippen LogP contribution in [0.5, 0.6) is 5.75 Å². The minimum absolute atomic E-state index is 0.276. The lowest BCUT2D eigenvalue weighted by molar-refractivity contribution is 0.302. The van der Waals surface area contributed by atoms with Crippen LogP contribution in [-0.2, 0) is 6.54 Å². The predicted molar refractivity (Wildman–Crippen MR) is 76.9 cm³/mol. The highest BCUT2D eigenvalue weighted by Crippen LogP contribution is 2.18. The number of ether oxygens (including phenoxy) is 1. The fourth-order valence-electron chi connectivity index (χ4n) is 1.48. The van der Waals surface area contributed by atoms with Crippen LogP contribution in [0.15, 0.2) is 18.2 Å². The highest BCUT2D eigenvalue weighted by molar-refractivity contribution is 7.98. The molecule has 4 heteroatoms. The number of thioether (sulfide) groups is 1. The van der Waals surface area contributed by atoms with Gasteiger partial charge in [0.25, 0.3) is 0 Å². The predicted octanol–water partition coefficient (Wildman–Crippen LogP) is 3.46. The van der Waals surface area contributed by atoms with Gasteiger partial charge in [-0.15, -0.1) is 0 Å². The molecule has 102 valence electrons. The molecule has 0 saturated carbocycles. The van der Waals surface area contributed by atoms with Crippen molar-refractivity contribution in [3.05, 3.63) is 29.6 Å². The van der Waals surface area contributed by atoms with Crippen molar-refractivity contribution < 1.29 is 9.13 Å². The molecule has 0 saturated heterocycles. The lowest BCUT2D eigenvalue weighted by Gasteiger charge is -2.10. The minimum Gasteiger partial charge on any atom is -0.490 e. The first kappa shape index (κ1) is 15.3. The Hall–Kier alpha value is -0.740. The van der Waals surface area contributed by atoms with Crippen molar-refractivity contribution in [2.75, 3.05) is 18.6 Å². The quantitative estimate of drug-likeness (QED) is 0.732. The van der Waals surface area contributed by atoms with Crippen LogP contribution in [0.25, 0.3) is 0 Å². The maximum atomic E-state index is 13.7. The third-order valence-corrected chi connectivity index (χ3v) is 3.16. The van der Waals surface area contributed by atoms with Gasteiger partial charge >= 0.3 is 0 Å². The average molecular weight is 271 g/mol. The second-order valence-electron chi connectivity index (χ2n) is 4.50. The van der Waals surface area contributed by atoms with Crippen molar-refractivity contribution >= 4 is 11.8 Å². The van der Waals surface area contributed by atoms with Gasteiger partial charge < -0.3 is 10.1 Å².